The maximum absolute atomic E-state index is 11.9. The van der Waals surface area contributed by atoms with Gasteiger partial charge in [0.15, 0.2) is 0 Å². The molecule has 1 rings (SSSR count). The topological polar surface area (TPSA) is 52.6 Å². The van der Waals surface area contributed by atoms with Gasteiger partial charge in [0.05, 0.1) is 13.2 Å². The highest BCUT2D eigenvalue weighted by atomic mass is 16.7. The lowest BCUT2D eigenvalue weighted by molar-refractivity contribution is -0.119. The molecule has 0 atom stereocenters. The van der Waals surface area contributed by atoms with Gasteiger partial charge < -0.3 is 9.47 Å². The van der Waals surface area contributed by atoms with Gasteiger partial charge in [-0.1, -0.05) is 56.4 Å². The first kappa shape index (κ1) is 24.5. The first-order valence-corrected chi connectivity index (χ1v) is 11.4. The molecule has 0 aliphatic carbocycles. The molecule has 0 aromatic heterocycles. The summed E-state index contributed by atoms with van der Waals surface area (Å²) in [7, 11) is 0. The van der Waals surface area contributed by atoms with Crippen LogP contribution in [0.2, 0.25) is 0 Å². The molecule has 0 unspecified atom stereocenters. The molecule has 0 radical (unpaired) electrons. The molecule has 0 amide bonds. The number of rotatable bonds is 0. The fraction of sp³-hybridized carbons (Fsp3) is 0.750. The number of Topliss-reactive ketones (excluding diaryl/α,β-unsaturated/α-hetero) is 1. The second-order valence-corrected chi connectivity index (χ2v) is 7.62. The van der Waals surface area contributed by atoms with Gasteiger partial charge in [0.2, 0.25) is 0 Å². The van der Waals surface area contributed by atoms with Crippen molar-refractivity contribution in [1.82, 2.24) is 0 Å². The number of hydrogen-bond donors (Lipinski definition) is 0. The second-order valence-electron chi connectivity index (χ2n) is 7.62. The van der Waals surface area contributed by atoms with Crippen LogP contribution in [0.4, 0.5) is 4.79 Å². The number of carbonyl (C=O) groups is 2. The Hall–Kier alpha value is -1.58. The normalized spacial score (nSPS) is 23.9. The predicted molar refractivity (Wildman–Crippen MR) is 114 cm³/mol. The van der Waals surface area contributed by atoms with Crippen molar-refractivity contribution in [2.24, 2.45) is 0 Å². The molecule has 0 spiro atoms. The largest absolute Gasteiger partial charge is 0.508 e. The number of ketones is 1. The van der Waals surface area contributed by atoms with Gasteiger partial charge in [0, 0.05) is 12.8 Å². The van der Waals surface area contributed by atoms with Crippen LogP contribution in [-0.2, 0) is 14.3 Å². The lowest BCUT2D eigenvalue weighted by Gasteiger charge is -2.05. The van der Waals surface area contributed by atoms with Crippen LogP contribution in [0.25, 0.3) is 0 Å². The average Bonchev–Trinajstić information content (AvgIpc) is 2.69. The van der Waals surface area contributed by atoms with Crippen molar-refractivity contribution in [1.29, 1.82) is 0 Å². The van der Waals surface area contributed by atoms with Crippen LogP contribution in [0, 0.1) is 0 Å². The highest BCUT2D eigenvalue weighted by Crippen LogP contribution is 2.11. The van der Waals surface area contributed by atoms with Crippen molar-refractivity contribution in [3.05, 3.63) is 24.3 Å². The van der Waals surface area contributed by atoms with Crippen LogP contribution in [0.1, 0.15) is 103 Å². The van der Waals surface area contributed by atoms with Gasteiger partial charge in [-0.25, -0.2) is 4.79 Å². The maximum Gasteiger partial charge on any atom is 0.508 e. The number of carbonyl (C=O) groups excluding carboxylic acids is 2. The quantitative estimate of drug-likeness (QED) is 0.326. The van der Waals surface area contributed by atoms with E-state index < -0.39 is 6.16 Å². The van der Waals surface area contributed by atoms with Gasteiger partial charge >= 0.3 is 6.16 Å². The highest BCUT2D eigenvalue weighted by molar-refractivity contribution is 5.78. The van der Waals surface area contributed by atoms with E-state index in [4.69, 9.17) is 9.47 Å². The third-order valence-corrected chi connectivity index (χ3v) is 4.98. The summed E-state index contributed by atoms with van der Waals surface area (Å²) >= 11 is 0. The fourth-order valence-corrected chi connectivity index (χ4v) is 3.25. The van der Waals surface area contributed by atoms with Gasteiger partial charge in [-0.15, -0.1) is 0 Å². The number of hydrogen-bond acceptors (Lipinski definition) is 4. The van der Waals surface area contributed by atoms with Gasteiger partial charge in [0.1, 0.15) is 5.78 Å². The lowest BCUT2D eigenvalue weighted by Crippen LogP contribution is -2.09. The van der Waals surface area contributed by atoms with Crippen LogP contribution in [0.3, 0.4) is 0 Å². The Bertz CT molecular complexity index is 412. The summed E-state index contributed by atoms with van der Waals surface area (Å²) in [5, 5.41) is 0. The summed E-state index contributed by atoms with van der Waals surface area (Å²) in [5.41, 5.74) is 0. The summed E-state index contributed by atoms with van der Waals surface area (Å²) < 4.78 is 10.1. The van der Waals surface area contributed by atoms with Crippen molar-refractivity contribution in [3.63, 3.8) is 0 Å². The molecule has 0 saturated carbocycles. The summed E-state index contributed by atoms with van der Waals surface area (Å²) in [6.45, 7) is 0.828. The van der Waals surface area contributed by atoms with Crippen molar-refractivity contribution >= 4 is 11.9 Å². The number of cyclic esters (lactones) is 2. The van der Waals surface area contributed by atoms with E-state index in [1.165, 1.54) is 19.3 Å². The smallest absolute Gasteiger partial charge is 0.434 e. The molecule has 0 N–H and O–H groups in total. The van der Waals surface area contributed by atoms with Crippen molar-refractivity contribution in [3.8, 4) is 0 Å². The molecule has 0 saturated heterocycles. The molecule has 0 aromatic carbocycles. The Morgan fingerprint density at radius 1 is 0.500 bits per heavy atom. The third-order valence-electron chi connectivity index (χ3n) is 4.98. The Labute approximate surface area is 171 Å². The zero-order chi connectivity index (χ0) is 20.1. The van der Waals surface area contributed by atoms with E-state index in [1.54, 1.807) is 0 Å². The minimum Gasteiger partial charge on any atom is -0.434 e. The third kappa shape index (κ3) is 16.6. The monoisotopic (exact) mass is 392 g/mol. The van der Waals surface area contributed by atoms with Crippen molar-refractivity contribution < 1.29 is 19.1 Å². The molecular formula is C24H40O4. The van der Waals surface area contributed by atoms with Gasteiger partial charge in [0.25, 0.3) is 0 Å². The van der Waals surface area contributed by atoms with Crippen LogP contribution >= 0.6 is 0 Å². The van der Waals surface area contributed by atoms with Gasteiger partial charge in [-0.05, 0) is 57.8 Å². The zero-order valence-corrected chi connectivity index (χ0v) is 17.7. The Balaban J connectivity index is 2.22. The fourth-order valence-electron chi connectivity index (χ4n) is 3.25. The molecule has 1 aliphatic heterocycles. The average molecular weight is 393 g/mol. The summed E-state index contributed by atoms with van der Waals surface area (Å²) in [6.07, 6.45) is 24.6. The molecule has 0 aromatic rings. The Kier molecular flexibility index (Phi) is 16.4. The molecule has 1 heterocycles. The van der Waals surface area contributed by atoms with Crippen LogP contribution in [-0.4, -0.2) is 25.2 Å². The minimum absolute atomic E-state index is 0.385. The van der Waals surface area contributed by atoms with E-state index in [-0.39, 0.29) is 0 Å². The lowest BCUT2D eigenvalue weighted by atomic mass is 10.0. The Morgan fingerprint density at radius 2 is 1.00 bits per heavy atom. The minimum atomic E-state index is -0.545. The second kappa shape index (κ2) is 18.8. The number of ether oxygens (including phenoxy) is 2. The summed E-state index contributed by atoms with van der Waals surface area (Å²) in [4.78, 5) is 23.4. The maximum atomic E-state index is 11.9. The molecular weight excluding hydrogens is 352 g/mol. The number of allylic oxidation sites excluding steroid dienone is 3. The van der Waals surface area contributed by atoms with Gasteiger partial charge in [-0.3, -0.25) is 4.79 Å². The summed E-state index contributed by atoms with van der Waals surface area (Å²) in [6, 6.07) is 0. The predicted octanol–water partition coefficient (Wildman–Crippen LogP) is 7.08. The van der Waals surface area contributed by atoms with Crippen molar-refractivity contribution in [2.75, 3.05) is 13.2 Å². The first-order valence-electron chi connectivity index (χ1n) is 11.4. The summed E-state index contributed by atoms with van der Waals surface area (Å²) in [5.74, 6) is 0.431. The van der Waals surface area contributed by atoms with E-state index in [0.29, 0.717) is 19.0 Å². The molecule has 4 nitrogen and oxygen atoms in total. The van der Waals surface area contributed by atoms with E-state index in [0.717, 1.165) is 83.5 Å². The Morgan fingerprint density at radius 3 is 1.75 bits per heavy atom. The van der Waals surface area contributed by atoms with E-state index in [1.807, 2.05) is 0 Å². The molecule has 0 fully saturated rings. The van der Waals surface area contributed by atoms with Crippen LogP contribution in [0.5, 0.6) is 0 Å². The van der Waals surface area contributed by atoms with E-state index >= 15 is 0 Å². The van der Waals surface area contributed by atoms with Crippen LogP contribution < -0.4 is 0 Å². The highest BCUT2D eigenvalue weighted by Gasteiger charge is 2.03. The molecule has 160 valence electrons. The SMILES string of the molecule is O=C1CCC/C=C\CCCCCCOC(=O)OCC/C=C\CCCCCCC1. The van der Waals surface area contributed by atoms with Gasteiger partial charge in [-0.2, -0.15) is 0 Å². The molecule has 4 heteroatoms. The van der Waals surface area contributed by atoms with Crippen LogP contribution in [0.15, 0.2) is 24.3 Å². The molecule has 0 bridgehead atoms. The first-order chi connectivity index (χ1) is 13.8. The standard InChI is InChI=1S/C24H40O4/c25-23-19-15-11-7-3-1-5-9-13-17-21-27-24(26)28-22-18-14-10-6-2-4-8-12-16-20-23/h3,7,10,14H,1-2,4-6,8-9,11-13,15-22H2/b7-3-,14-10-. The molecule has 28 heavy (non-hydrogen) atoms. The van der Waals surface area contributed by atoms with E-state index in [2.05, 4.69) is 24.3 Å². The molecule has 1 aliphatic rings. The van der Waals surface area contributed by atoms with Crippen molar-refractivity contribution in [2.45, 2.75) is 103 Å². The zero-order valence-electron chi connectivity index (χ0n) is 17.7. The van der Waals surface area contributed by atoms with E-state index in [9.17, 15) is 9.59 Å².